The van der Waals surface area contributed by atoms with Crippen molar-refractivity contribution in [2.75, 3.05) is 40.6 Å². The van der Waals surface area contributed by atoms with Crippen molar-refractivity contribution in [2.24, 2.45) is 0 Å². The van der Waals surface area contributed by atoms with Crippen molar-refractivity contribution in [1.82, 2.24) is 5.32 Å². The molecule has 1 unspecified atom stereocenters. The maximum absolute atomic E-state index is 11.2. The standard InChI is InChI=1S/C10H21NO4/c1-4-11-9(10(12)14-3)8-15-7-5-6-13-2/h9,11H,4-8H2,1-3H3. The van der Waals surface area contributed by atoms with Crippen LogP contribution in [0.2, 0.25) is 0 Å². The van der Waals surface area contributed by atoms with Crippen LogP contribution >= 0.6 is 0 Å². The van der Waals surface area contributed by atoms with Crippen LogP contribution in [0.3, 0.4) is 0 Å². The van der Waals surface area contributed by atoms with Gasteiger partial charge in [-0.2, -0.15) is 0 Å². The molecule has 0 aromatic rings. The summed E-state index contributed by atoms with van der Waals surface area (Å²) in [6, 6.07) is -0.373. The molecule has 0 radical (unpaired) electrons. The molecule has 90 valence electrons. The van der Waals surface area contributed by atoms with Crippen LogP contribution in [0.15, 0.2) is 0 Å². The Morgan fingerprint density at radius 3 is 2.60 bits per heavy atom. The van der Waals surface area contributed by atoms with E-state index in [1.807, 2.05) is 6.92 Å². The SMILES string of the molecule is CCNC(COCCCOC)C(=O)OC. The zero-order valence-electron chi connectivity index (χ0n) is 9.75. The Morgan fingerprint density at radius 2 is 2.07 bits per heavy atom. The van der Waals surface area contributed by atoms with Gasteiger partial charge >= 0.3 is 5.97 Å². The van der Waals surface area contributed by atoms with E-state index in [9.17, 15) is 4.79 Å². The van der Waals surface area contributed by atoms with Gasteiger partial charge in [-0.3, -0.25) is 4.79 Å². The Labute approximate surface area is 91.1 Å². The minimum Gasteiger partial charge on any atom is -0.468 e. The fourth-order valence-corrected chi connectivity index (χ4v) is 1.11. The number of rotatable bonds is 9. The highest BCUT2D eigenvalue weighted by Gasteiger charge is 2.17. The highest BCUT2D eigenvalue weighted by atomic mass is 16.5. The molecule has 0 spiro atoms. The molecule has 0 aliphatic rings. The van der Waals surface area contributed by atoms with Gasteiger partial charge in [0.05, 0.1) is 13.7 Å². The molecule has 0 saturated carbocycles. The molecule has 1 atom stereocenters. The highest BCUT2D eigenvalue weighted by Crippen LogP contribution is 1.92. The molecule has 1 N–H and O–H groups in total. The summed E-state index contributed by atoms with van der Waals surface area (Å²) >= 11 is 0. The number of nitrogens with one attached hydrogen (secondary N) is 1. The van der Waals surface area contributed by atoms with E-state index in [4.69, 9.17) is 9.47 Å². The summed E-state index contributed by atoms with van der Waals surface area (Å²) in [6.45, 7) is 4.24. The van der Waals surface area contributed by atoms with Gasteiger partial charge in [0.2, 0.25) is 0 Å². The molecule has 0 aromatic heterocycles. The normalized spacial score (nSPS) is 12.5. The first-order valence-corrected chi connectivity index (χ1v) is 5.14. The second-order valence-corrected chi connectivity index (χ2v) is 3.05. The number of carbonyl (C=O) groups excluding carboxylic acids is 1. The van der Waals surface area contributed by atoms with Gasteiger partial charge in [0, 0.05) is 20.3 Å². The Bertz CT molecular complexity index is 164. The van der Waals surface area contributed by atoms with Crippen LogP contribution in [-0.2, 0) is 19.0 Å². The van der Waals surface area contributed by atoms with Gasteiger partial charge in [-0.25, -0.2) is 0 Å². The molecule has 0 heterocycles. The van der Waals surface area contributed by atoms with Crippen molar-refractivity contribution < 1.29 is 19.0 Å². The fraction of sp³-hybridized carbons (Fsp3) is 0.900. The van der Waals surface area contributed by atoms with Crippen LogP contribution < -0.4 is 5.32 Å². The maximum atomic E-state index is 11.2. The van der Waals surface area contributed by atoms with Gasteiger partial charge in [-0.15, -0.1) is 0 Å². The summed E-state index contributed by atoms with van der Waals surface area (Å²) in [5.41, 5.74) is 0. The molecule has 15 heavy (non-hydrogen) atoms. The number of methoxy groups -OCH3 is 2. The van der Waals surface area contributed by atoms with Crippen LogP contribution in [0.1, 0.15) is 13.3 Å². The number of esters is 1. The molecule has 0 aromatic carbocycles. The summed E-state index contributed by atoms with van der Waals surface area (Å²) < 4.78 is 14.8. The molecule has 0 bridgehead atoms. The Kier molecular flexibility index (Phi) is 9.46. The van der Waals surface area contributed by atoms with Gasteiger partial charge < -0.3 is 19.5 Å². The van der Waals surface area contributed by atoms with E-state index in [1.165, 1.54) is 7.11 Å². The summed E-state index contributed by atoms with van der Waals surface area (Å²) in [5, 5.41) is 2.99. The van der Waals surface area contributed by atoms with Gasteiger partial charge in [-0.1, -0.05) is 6.92 Å². The molecule has 0 saturated heterocycles. The lowest BCUT2D eigenvalue weighted by molar-refractivity contribution is -0.144. The van der Waals surface area contributed by atoms with Crippen LogP contribution in [0.25, 0.3) is 0 Å². The van der Waals surface area contributed by atoms with E-state index in [1.54, 1.807) is 7.11 Å². The molecular weight excluding hydrogens is 198 g/mol. The van der Waals surface area contributed by atoms with Gasteiger partial charge in [0.25, 0.3) is 0 Å². The van der Waals surface area contributed by atoms with E-state index in [-0.39, 0.29) is 12.0 Å². The first-order chi connectivity index (χ1) is 7.26. The maximum Gasteiger partial charge on any atom is 0.325 e. The van der Waals surface area contributed by atoms with Crippen molar-refractivity contribution in [3.63, 3.8) is 0 Å². The summed E-state index contributed by atoms with van der Waals surface area (Å²) in [4.78, 5) is 11.2. The Morgan fingerprint density at radius 1 is 1.33 bits per heavy atom. The molecular formula is C10H21NO4. The van der Waals surface area contributed by atoms with Crippen molar-refractivity contribution in [1.29, 1.82) is 0 Å². The lowest BCUT2D eigenvalue weighted by atomic mass is 10.3. The summed E-state index contributed by atoms with van der Waals surface area (Å²) in [7, 11) is 3.02. The molecule has 5 nitrogen and oxygen atoms in total. The van der Waals surface area contributed by atoms with E-state index in [0.29, 0.717) is 26.4 Å². The second kappa shape index (κ2) is 9.89. The van der Waals surface area contributed by atoms with E-state index >= 15 is 0 Å². The highest BCUT2D eigenvalue weighted by molar-refractivity contribution is 5.75. The third-order valence-electron chi connectivity index (χ3n) is 1.86. The fourth-order valence-electron chi connectivity index (χ4n) is 1.11. The summed E-state index contributed by atoms with van der Waals surface area (Å²) in [5.74, 6) is -0.288. The van der Waals surface area contributed by atoms with Crippen molar-refractivity contribution in [3.8, 4) is 0 Å². The van der Waals surface area contributed by atoms with E-state index in [2.05, 4.69) is 10.1 Å². The molecule has 0 aliphatic heterocycles. The molecule has 5 heteroatoms. The van der Waals surface area contributed by atoms with Crippen molar-refractivity contribution in [2.45, 2.75) is 19.4 Å². The predicted molar refractivity (Wildman–Crippen MR) is 56.8 cm³/mol. The predicted octanol–water partition coefficient (Wildman–Crippen LogP) is 0.191. The summed E-state index contributed by atoms with van der Waals surface area (Å²) in [6.07, 6.45) is 0.830. The number of ether oxygens (including phenoxy) is 3. The minimum atomic E-state index is -0.373. The molecule has 0 aliphatic carbocycles. The zero-order valence-corrected chi connectivity index (χ0v) is 9.75. The van der Waals surface area contributed by atoms with E-state index < -0.39 is 0 Å². The van der Waals surface area contributed by atoms with Crippen LogP contribution in [0.4, 0.5) is 0 Å². The van der Waals surface area contributed by atoms with E-state index in [0.717, 1.165) is 6.42 Å². The van der Waals surface area contributed by atoms with Gasteiger partial charge in [0.15, 0.2) is 0 Å². The Hall–Kier alpha value is -0.650. The minimum absolute atomic E-state index is 0.288. The van der Waals surface area contributed by atoms with Crippen molar-refractivity contribution >= 4 is 5.97 Å². The zero-order chi connectivity index (χ0) is 11.5. The number of carbonyl (C=O) groups is 1. The largest absolute Gasteiger partial charge is 0.468 e. The third-order valence-corrected chi connectivity index (χ3v) is 1.86. The Balaban J connectivity index is 3.61. The molecule has 0 amide bonds. The van der Waals surface area contributed by atoms with Crippen molar-refractivity contribution in [3.05, 3.63) is 0 Å². The monoisotopic (exact) mass is 219 g/mol. The number of hydrogen-bond donors (Lipinski definition) is 1. The average Bonchev–Trinajstić information content (AvgIpc) is 2.26. The lowest BCUT2D eigenvalue weighted by Gasteiger charge is -2.15. The lowest BCUT2D eigenvalue weighted by Crippen LogP contribution is -2.41. The smallest absolute Gasteiger partial charge is 0.325 e. The van der Waals surface area contributed by atoms with Crippen LogP contribution in [0, 0.1) is 0 Å². The van der Waals surface area contributed by atoms with Crippen LogP contribution in [0.5, 0.6) is 0 Å². The quantitative estimate of drug-likeness (QED) is 0.443. The average molecular weight is 219 g/mol. The van der Waals surface area contributed by atoms with Gasteiger partial charge in [0.1, 0.15) is 6.04 Å². The van der Waals surface area contributed by atoms with Gasteiger partial charge in [-0.05, 0) is 13.0 Å². The molecule has 0 rings (SSSR count). The topological polar surface area (TPSA) is 56.8 Å². The van der Waals surface area contributed by atoms with Crippen LogP contribution in [-0.4, -0.2) is 52.6 Å². The third kappa shape index (κ3) is 7.30. The molecule has 0 fully saturated rings. The number of hydrogen-bond acceptors (Lipinski definition) is 5. The second-order valence-electron chi connectivity index (χ2n) is 3.05. The first-order valence-electron chi connectivity index (χ1n) is 5.14. The first kappa shape index (κ1) is 14.3. The number of likely N-dealkylation sites (N-methyl/N-ethyl adjacent to an activating group) is 1.